The maximum Gasteiger partial charge on any atom is 0.260 e. The summed E-state index contributed by atoms with van der Waals surface area (Å²) >= 11 is 5.96. The lowest BCUT2D eigenvalue weighted by Gasteiger charge is -2.21. The highest BCUT2D eigenvalue weighted by Gasteiger charge is 2.23. The number of anilines is 1. The molecule has 0 spiro atoms. The topological polar surface area (TPSA) is 88.1 Å². The molecule has 0 radical (unpaired) electrons. The first-order valence-electron chi connectivity index (χ1n) is 9.74. The van der Waals surface area contributed by atoms with Crippen LogP contribution in [0.4, 0.5) is 10.1 Å². The number of nitrogens with zero attached hydrogens (tertiary/aromatic N) is 2. The molecule has 3 rings (SSSR count). The lowest BCUT2D eigenvalue weighted by molar-refractivity contribution is -0.119. The van der Waals surface area contributed by atoms with E-state index >= 15 is 0 Å². The van der Waals surface area contributed by atoms with Crippen molar-refractivity contribution in [1.82, 2.24) is 5.43 Å². The molecule has 172 valence electrons. The highest BCUT2D eigenvalue weighted by atomic mass is 35.5. The summed E-state index contributed by atoms with van der Waals surface area (Å²) in [6, 6.07) is 19.7. The zero-order valence-electron chi connectivity index (χ0n) is 17.6. The molecular weight excluding hydrogens is 469 g/mol. The van der Waals surface area contributed by atoms with Crippen LogP contribution in [0.1, 0.15) is 11.1 Å². The average molecular weight is 490 g/mol. The predicted molar refractivity (Wildman–Crippen MR) is 127 cm³/mol. The second-order valence-electron chi connectivity index (χ2n) is 7.00. The Morgan fingerprint density at radius 1 is 1.12 bits per heavy atom. The Morgan fingerprint density at radius 3 is 2.52 bits per heavy atom. The molecule has 7 nitrogen and oxygen atoms in total. The van der Waals surface area contributed by atoms with Crippen LogP contribution in [0.5, 0.6) is 5.75 Å². The van der Waals surface area contributed by atoms with Crippen LogP contribution in [0.25, 0.3) is 0 Å². The van der Waals surface area contributed by atoms with E-state index in [2.05, 4.69) is 10.5 Å². The summed E-state index contributed by atoms with van der Waals surface area (Å²) in [6.45, 7) is -0.254. The highest BCUT2D eigenvalue weighted by molar-refractivity contribution is 7.92. The Bertz CT molecular complexity index is 1250. The third kappa shape index (κ3) is 7.30. The smallest absolute Gasteiger partial charge is 0.260 e. The number of hydrogen-bond acceptors (Lipinski definition) is 5. The normalized spacial score (nSPS) is 11.4. The molecule has 0 saturated heterocycles. The van der Waals surface area contributed by atoms with Gasteiger partial charge in [-0.1, -0.05) is 35.9 Å². The standard InChI is InChI=1S/C23H21ClFN3O4S/c1-33(30,31)28(22-8-3-2-7-21(22)25)15-23(29)27-26-14-17-9-11-20(12-10-17)32-16-18-5-4-6-19(24)13-18/h2-14H,15-16H2,1H3,(H,27,29)/b26-14-. The van der Waals surface area contributed by atoms with Crippen LogP contribution in [0.2, 0.25) is 5.02 Å². The highest BCUT2D eigenvalue weighted by Crippen LogP contribution is 2.21. The van der Waals surface area contributed by atoms with E-state index in [0.717, 1.165) is 17.9 Å². The van der Waals surface area contributed by atoms with Crippen molar-refractivity contribution in [2.75, 3.05) is 17.1 Å². The summed E-state index contributed by atoms with van der Waals surface area (Å²) in [6.07, 6.45) is 2.29. The van der Waals surface area contributed by atoms with E-state index in [-0.39, 0.29) is 5.69 Å². The summed E-state index contributed by atoms with van der Waals surface area (Å²) in [5.41, 5.74) is 3.65. The van der Waals surface area contributed by atoms with Gasteiger partial charge in [-0.15, -0.1) is 0 Å². The molecule has 33 heavy (non-hydrogen) atoms. The van der Waals surface area contributed by atoms with Crippen molar-refractivity contribution in [3.05, 3.63) is 94.8 Å². The Hall–Kier alpha value is -3.43. The SMILES string of the molecule is CS(=O)(=O)N(CC(=O)N/N=C\c1ccc(OCc2cccc(Cl)c2)cc1)c1ccccc1F. The van der Waals surface area contributed by atoms with E-state index in [0.29, 0.717) is 27.2 Å². The molecule has 3 aromatic carbocycles. The van der Waals surface area contributed by atoms with Crippen molar-refractivity contribution in [2.24, 2.45) is 5.10 Å². The molecule has 1 amide bonds. The number of para-hydroxylation sites is 1. The van der Waals surface area contributed by atoms with Crippen molar-refractivity contribution in [2.45, 2.75) is 6.61 Å². The summed E-state index contributed by atoms with van der Waals surface area (Å²) in [5, 5.41) is 4.47. The van der Waals surface area contributed by atoms with Gasteiger partial charge in [-0.3, -0.25) is 9.10 Å². The fourth-order valence-corrected chi connectivity index (χ4v) is 3.89. The first-order valence-corrected chi connectivity index (χ1v) is 12.0. The van der Waals surface area contributed by atoms with Crippen LogP contribution in [0.15, 0.2) is 77.9 Å². The van der Waals surface area contributed by atoms with Gasteiger partial charge in [0.1, 0.15) is 24.7 Å². The van der Waals surface area contributed by atoms with E-state index in [1.54, 1.807) is 30.3 Å². The number of nitrogens with one attached hydrogen (secondary N) is 1. The molecule has 0 saturated carbocycles. The van der Waals surface area contributed by atoms with Crippen molar-refractivity contribution < 1.29 is 22.3 Å². The van der Waals surface area contributed by atoms with Crippen LogP contribution in [0, 0.1) is 5.82 Å². The molecule has 1 N–H and O–H groups in total. The summed E-state index contributed by atoms with van der Waals surface area (Å²) in [4.78, 5) is 12.2. The minimum atomic E-state index is -3.89. The predicted octanol–water partition coefficient (Wildman–Crippen LogP) is 3.97. The Morgan fingerprint density at radius 2 is 1.85 bits per heavy atom. The monoisotopic (exact) mass is 489 g/mol. The maximum atomic E-state index is 14.0. The van der Waals surface area contributed by atoms with Gasteiger partial charge in [-0.05, 0) is 59.7 Å². The Kier molecular flexibility index (Phi) is 8.02. The van der Waals surface area contributed by atoms with Gasteiger partial charge >= 0.3 is 0 Å². The number of ether oxygens (including phenoxy) is 1. The third-order valence-corrected chi connectivity index (χ3v) is 5.75. The fraction of sp³-hybridized carbons (Fsp3) is 0.130. The molecule has 0 atom stereocenters. The van der Waals surface area contributed by atoms with Crippen molar-refractivity contribution >= 4 is 39.4 Å². The zero-order valence-corrected chi connectivity index (χ0v) is 19.2. The van der Waals surface area contributed by atoms with Crippen LogP contribution in [-0.2, 0) is 21.4 Å². The molecule has 0 bridgehead atoms. The van der Waals surface area contributed by atoms with Crippen LogP contribution in [0.3, 0.4) is 0 Å². The van der Waals surface area contributed by atoms with Crippen molar-refractivity contribution in [3.8, 4) is 5.75 Å². The van der Waals surface area contributed by atoms with Crippen LogP contribution >= 0.6 is 11.6 Å². The van der Waals surface area contributed by atoms with E-state index in [1.807, 2.05) is 18.2 Å². The number of benzene rings is 3. The van der Waals surface area contributed by atoms with Crippen molar-refractivity contribution in [3.63, 3.8) is 0 Å². The largest absolute Gasteiger partial charge is 0.489 e. The van der Waals surface area contributed by atoms with Gasteiger partial charge in [0.05, 0.1) is 18.2 Å². The number of sulfonamides is 1. The van der Waals surface area contributed by atoms with Gasteiger partial charge < -0.3 is 4.74 Å². The molecular formula is C23H21ClFN3O4S. The number of hydrogen-bond donors (Lipinski definition) is 1. The molecule has 0 aliphatic heterocycles. The van der Waals surface area contributed by atoms with E-state index in [4.69, 9.17) is 16.3 Å². The molecule has 3 aromatic rings. The van der Waals surface area contributed by atoms with Gasteiger partial charge in [0.15, 0.2) is 0 Å². The Labute approximate surface area is 196 Å². The summed E-state index contributed by atoms with van der Waals surface area (Å²) < 4.78 is 44.5. The van der Waals surface area contributed by atoms with Crippen molar-refractivity contribution in [1.29, 1.82) is 0 Å². The molecule has 0 aliphatic rings. The molecule has 0 fully saturated rings. The number of carbonyl (C=O) groups is 1. The fourth-order valence-electron chi connectivity index (χ4n) is 2.82. The van der Waals surface area contributed by atoms with E-state index in [1.165, 1.54) is 24.4 Å². The molecule has 0 unspecified atom stereocenters. The van der Waals surface area contributed by atoms with E-state index < -0.39 is 28.3 Å². The molecule has 0 aromatic heterocycles. The lowest BCUT2D eigenvalue weighted by Crippen LogP contribution is -2.39. The van der Waals surface area contributed by atoms with Gasteiger partial charge in [0.25, 0.3) is 5.91 Å². The van der Waals surface area contributed by atoms with Gasteiger partial charge in [0.2, 0.25) is 10.0 Å². The second kappa shape index (κ2) is 10.9. The van der Waals surface area contributed by atoms with Gasteiger partial charge in [-0.2, -0.15) is 5.10 Å². The first-order chi connectivity index (χ1) is 15.7. The van der Waals surface area contributed by atoms with Crippen LogP contribution in [-0.4, -0.2) is 33.3 Å². The quantitative estimate of drug-likeness (QED) is 0.364. The van der Waals surface area contributed by atoms with Gasteiger partial charge in [-0.25, -0.2) is 18.2 Å². The minimum absolute atomic E-state index is 0.215. The molecule has 0 heterocycles. The molecule has 10 heteroatoms. The number of halogens is 2. The molecule has 0 aliphatic carbocycles. The number of rotatable bonds is 9. The third-order valence-electron chi connectivity index (χ3n) is 4.39. The zero-order chi connectivity index (χ0) is 23.8. The average Bonchev–Trinajstić information content (AvgIpc) is 2.77. The van der Waals surface area contributed by atoms with Crippen LogP contribution < -0.4 is 14.5 Å². The first kappa shape index (κ1) is 24.2. The number of hydrazone groups is 1. The van der Waals surface area contributed by atoms with Gasteiger partial charge in [0, 0.05) is 5.02 Å². The number of amides is 1. The number of carbonyl (C=O) groups excluding carboxylic acids is 1. The second-order valence-corrected chi connectivity index (χ2v) is 9.35. The maximum absolute atomic E-state index is 14.0. The summed E-state index contributed by atoms with van der Waals surface area (Å²) in [7, 11) is -3.89. The minimum Gasteiger partial charge on any atom is -0.489 e. The summed E-state index contributed by atoms with van der Waals surface area (Å²) in [5.74, 6) is -0.830. The lowest BCUT2D eigenvalue weighted by atomic mass is 10.2. The Balaban J connectivity index is 1.55. The van der Waals surface area contributed by atoms with E-state index in [9.17, 15) is 17.6 Å².